The van der Waals surface area contributed by atoms with Crippen LogP contribution < -0.4 is 9.47 Å². The van der Waals surface area contributed by atoms with E-state index in [-0.39, 0.29) is 12.6 Å². The molecule has 3 rings (SSSR count). The molecule has 0 atom stereocenters. The van der Waals surface area contributed by atoms with Gasteiger partial charge >= 0.3 is 0 Å². The highest BCUT2D eigenvalue weighted by molar-refractivity contribution is 6.31. The molecule has 1 aliphatic heterocycles. The number of benzene rings is 2. The van der Waals surface area contributed by atoms with Crippen molar-refractivity contribution in [2.24, 2.45) is 0 Å². The molecular formula is C17H14ClNO4. The van der Waals surface area contributed by atoms with Crippen molar-refractivity contribution in [1.82, 2.24) is 4.90 Å². The van der Waals surface area contributed by atoms with Crippen LogP contribution in [-0.2, 0) is 0 Å². The summed E-state index contributed by atoms with van der Waals surface area (Å²) in [5, 5.41) is 0.495. The van der Waals surface area contributed by atoms with Crippen LogP contribution in [0.4, 0.5) is 0 Å². The summed E-state index contributed by atoms with van der Waals surface area (Å²) in [7, 11) is 0. The highest BCUT2D eigenvalue weighted by atomic mass is 35.5. The average Bonchev–Trinajstić information content (AvgIpc) is 2.58. The van der Waals surface area contributed by atoms with Gasteiger partial charge in [-0.25, -0.2) is 0 Å². The Morgan fingerprint density at radius 2 is 2.00 bits per heavy atom. The fourth-order valence-corrected chi connectivity index (χ4v) is 2.43. The largest absolute Gasteiger partial charge is 0.492 e. The smallest absolute Gasteiger partial charge is 0.260 e. The average molecular weight is 332 g/mol. The molecule has 0 saturated carbocycles. The van der Waals surface area contributed by atoms with Crippen molar-refractivity contribution in [2.75, 3.05) is 19.9 Å². The molecule has 0 saturated heterocycles. The molecule has 1 amide bonds. The number of halogens is 1. The molecule has 0 N–H and O–H groups in total. The Bertz CT molecular complexity index is 730. The van der Waals surface area contributed by atoms with Gasteiger partial charge in [0.25, 0.3) is 5.91 Å². The Morgan fingerprint density at radius 3 is 2.74 bits per heavy atom. The van der Waals surface area contributed by atoms with Gasteiger partial charge in [0.2, 0.25) is 0 Å². The lowest BCUT2D eigenvalue weighted by Gasteiger charge is -2.28. The van der Waals surface area contributed by atoms with Gasteiger partial charge in [-0.05, 0) is 42.5 Å². The highest BCUT2D eigenvalue weighted by Crippen LogP contribution is 2.27. The number of aldehydes is 1. The lowest BCUT2D eigenvalue weighted by atomic mass is 10.1. The second kappa shape index (κ2) is 6.71. The molecule has 0 spiro atoms. The van der Waals surface area contributed by atoms with Crippen LogP contribution in [0.2, 0.25) is 5.02 Å². The summed E-state index contributed by atoms with van der Waals surface area (Å²) in [6.45, 7) is 0.895. The Hall–Kier alpha value is -2.53. The monoisotopic (exact) mass is 331 g/mol. The van der Waals surface area contributed by atoms with E-state index in [0.29, 0.717) is 40.8 Å². The predicted molar refractivity (Wildman–Crippen MR) is 85.3 cm³/mol. The van der Waals surface area contributed by atoms with Crippen molar-refractivity contribution in [3.8, 4) is 11.5 Å². The molecular weight excluding hydrogens is 318 g/mol. The van der Waals surface area contributed by atoms with E-state index in [1.807, 2.05) is 0 Å². The summed E-state index contributed by atoms with van der Waals surface area (Å²) in [6, 6.07) is 11.8. The number of nitrogens with zero attached hydrogens (tertiary/aromatic N) is 1. The fraction of sp³-hybridized carbons (Fsp3) is 0.176. The van der Waals surface area contributed by atoms with Gasteiger partial charge in [0.15, 0.2) is 6.73 Å². The van der Waals surface area contributed by atoms with E-state index in [2.05, 4.69) is 0 Å². The van der Waals surface area contributed by atoms with Crippen molar-refractivity contribution >= 4 is 23.8 Å². The molecule has 0 unspecified atom stereocenters. The zero-order valence-electron chi connectivity index (χ0n) is 12.2. The van der Waals surface area contributed by atoms with Gasteiger partial charge in [-0.2, -0.15) is 0 Å². The molecule has 2 aromatic carbocycles. The molecule has 0 bridgehead atoms. The lowest BCUT2D eigenvalue weighted by molar-refractivity contribution is 0.0482. The van der Waals surface area contributed by atoms with E-state index in [1.165, 1.54) is 0 Å². The van der Waals surface area contributed by atoms with Crippen molar-refractivity contribution in [3.63, 3.8) is 0 Å². The van der Waals surface area contributed by atoms with Crippen LogP contribution >= 0.6 is 11.6 Å². The molecule has 0 aromatic heterocycles. The zero-order valence-corrected chi connectivity index (χ0v) is 13.0. The van der Waals surface area contributed by atoms with E-state index in [4.69, 9.17) is 21.1 Å². The second-order valence-corrected chi connectivity index (χ2v) is 5.45. The Morgan fingerprint density at radius 1 is 1.22 bits per heavy atom. The first-order valence-corrected chi connectivity index (χ1v) is 7.45. The molecule has 1 heterocycles. The van der Waals surface area contributed by atoms with Crippen LogP contribution in [0.5, 0.6) is 11.5 Å². The molecule has 23 heavy (non-hydrogen) atoms. The number of fused-ring (bicyclic) bond motifs is 1. The maximum absolute atomic E-state index is 12.4. The fourth-order valence-electron chi connectivity index (χ4n) is 2.25. The quantitative estimate of drug-likeness (QED) is 0.790. The van der Waals surface area contributed by atoms with Crippen molar-refractivity contribution in [3.05, 3.63) is 58.6 Å². The van der Waals surface area contributed by atoms with E-state index < -0.39 is 0 Å². The van der Waals surface area contributed by atoms with Crippen LogP contribution in [0, 0.1) is 0 Å². The van der Waals surface area contributed by atoms with E-state index in [0.717, 1.165) is 6.29 Å². The van der Waals surface area contributed by atoms with Crippen LogP contribution in [0.1, 0.15) is 20.7 Å². The van der Waals surface area contributed by atoms with E-state index >= 15 is 0 Å². The SMILES string of the molecule is O=Cc1ccc(OCCN2COc3ccc(Cl)cc3C2=O)cc1. The van der Waals surface area contributed by atoms with Gasteiger partial charge in [0.1, 0.15) is 24.4 Å². The normalized spacial score (nSPS) is 13.3. The minimum Gasteiger partial charge on any atom is -0.492 e. The third-order valence-electron chi connectivity index (χ3n) is 3.48. The maximum atomic E-state index is 12.4. The molecule has 0 fully saturated rings. The highest BCUT2D eigenvalue weighted by Gasteiger charge is 2.25. The molecule has 0 aliphatic carbocycles. The summed E-state index contributed by atoms with van der Waals surface area (Å²) >= 11 is 5.92. The number of hydrogen-bond acceptors (Lipinski definition) is 4. The number of ether oxygens (including phenoxy) is 2. The minimum absolute atomic E-state index is 0.131. The first kappa shape index (κ1) is 15.4. The van der Waals surface area contributed by atoms with Gasteiger partial charge < -0.3 is 14.4 Å². The Labute approximate surface area is 138 Å². The second-order valence-electron chi connectivity index (χ2n) is 5.02. The molecule has 5 nitrogen and oxygen atoms in total. The standard InChI is InChI=1S/C17H14ClNO4/c18-13-3-6-16-15(9-13)17(21)19(11-23-16)7-8-22-14-4-1-12(10-20)2-5-14/h1-6,9-10H,7-8,11H2. The maximum Gasteiger partial charge on any atom is 0.260 e. The number of amides is 1. The summed E-state index contributed by atoms with van der Waals surface area (Å²) in [6.07, 6.45) is 0.774. The zero-order chi connectivity index (χ0) is 16.2. The van der Waals surface area contributed by atoms with E-state index in [1.54, 1.807) is 47.4 Å². The van der Waals surface area contributed by atoms with Crippen LogP contribution in [0.15, 0.2) is 42.5 Å². The topological polar surface area (TPSA) is 55.8 Å². The van der Waals surface area contributed by atoms with Crippen molar-refractivity contribution in [1.29, 1.82) is 0 Å². The van der Waals surface area contributed by atoms with Crippen molar-refractivity contribution < 1.29 is 19.1 Å². The first-order valence-electron chi connectivity index (χ1n) is 7.07. The van der Waals surface area contributed by atoms with Crippen molar-refractivity contribution in [2.45, 2.75) is 0 Å². The first-order chi connectivity index (χ1) is 11.2. The summed E-state index contributed by atoms with van der Waals surface area (Å²) < 4.78 is 11.1. The van der Waals surface area contributed by atoms with Crippen LogP contribution in [0.25, 0.3) is 0 Å². The third-order valence-corrected chi connectivity index (χ3v) is 3.72. The number of carbonyl (C=O) groups excluding carboxylic acids is 2. The molecule has 118 valence electrons. The number of hydrogen-bond donors (Lipinski definition) is 0. The molecule has 0 radical (unpaired) electrons. The predicted octanol–water partition coefficient (Wildman–Crippen LogP) is 3.02. The van der Waals surface area contributed by atoms with Gasteiger partial charge in [0.05, 0.1) is 12.1 Å². The summed E-state index contributed by atoms with van der Waals surface area (Å²) in [4.78, 5) is 24.5. The number of rotatable bonds is 5. The van der Waals surface area contributed by atoms with Gasteiger partial charge in [-0.1, -0.05) is 11.6 Å². The summed E-state index contributed by atoms with van der Waals surface area (Å²) in [5.74, 6) is 1.05. The minimum atomic E-state index is -0.131. The lowest BCUT2D eigenvalue weighted by Crippen LogP contribution is -2.41. The third kappa shape index (κ3) is 3.46. The summed E-state index contributed by atoms with van der Waals surface area (Å²) in [5.41, 5.74) is 1.05. The number of carbonyl (C=O) groups is 2. The molecule has 2 aromatic rings. The Kier molecular flexibility index (Phi) is 4.48. The van der Waals surface area contributed by atoms with E-state index in [9.17, 15) is 9.59 Å². The molecule has 1 aliphatic rings. The molecule has 6 heteroatoms. The van der Waals surface area contributed by atoms with Gasteiger partial charge in [-0.3, -0.25) is 9.59 Å². The van der Waals surface area contributed by atoms with Gasteiger partial charge in [0, 0.05) is 10.6 Å². The van der Waals surface area contributed by atoms with Crippen LogP contribution in [-0.4, -0.2) is 37.0 Å². The Balaban J connectivity index is 1.58. The van der Waals surface area contributed by atoms with Gasteiger partial charge in [-0.15, -0.1) is 0 Å². The van der Waals surface area contributed by atoms with Crippen LogP contribution in [0.3, 0.4) is 0 Å².